The molecule has 2 aliphatic rings. The molecule has 0 spiro atoms. The number of carbonyl (C=O) groups is 1. The van der Waals surface area contributed by atoms with Crippen LogP contribution in [-0.2, 0) is 4.79 Å². The normalized spacial score (nSPS) is 29.4. The Morgan fingerprint density at radius 2 is 2.20 bits per heavy atom. The number of rotatable bonds is 2. The molecular weight excluding hydrogens is 262 g/mol. The number of halogens is 2. The van der Waals surface area contributed by atoms with Crippen LogP contribution in [0.5, 0.6) is 0 Å². The van der Waals surface area contributed by atoms with Gasteiger partial charge < -0.3 is 10.2 Å². The van der Waals surface area contributed by atoms with Crippen LogP contribution < -0.4 is 5.32 Å². The largest absolute Gasteiger partial charge is 0.340 e. The molecule has 1 saturated carbocycles. The highest BCUT2D eigenvalue weighted by Gasteiger charge is 2.47. The fourth-order valence-corrected chi connectivity index (χ4v) is 2.99. The third-order valence-electron chi connectivity index (χ3n) is 4.17. The summed E-state index contributed by atoms with van der Waals surface area (Å²) in [6, 6.07) is 4.48. The van der Waals surface area contributed by atoms with Gasteiger partial charge in [-0.3, -0.25) is 4.79 Å². The van der Waals surface area contributed by atoms with Gasteiger partial charge in [0.2, 0.25) is 5.91 Å². The second-order valence-corrected chi connectivity index (χ2v) is 5.73. The standard InChI is InChI=1S/C15H18F2N2O/c1-9-8-19(6-5-18-9)15(20)12-7-11(12)10-3-2-4-13(16)14(10)17/h2-4,9,11-12,18H,5-8H2,1H3/t9-,11+,12+/m1/s1. The minimum absolute atomic E-state index is 0.0759. The summed E-state index contributed by atoms with van der Waals surface area (Å²) in [5.74, 6) is -1.91. The van der Waals surface area contributed by atoms with Crippen molar-refractivity contribution < 1.29 is 13.6 Å². The van der Waals surface area contributed by atoms with Crippen LogP contribution in [0.2, 0.25) is 0 Å². The summed E-state index contributed by atoms with van der Waals surface area (Å²) in [6.07, 6.45) is 0.623. The average Bonchev–Trinajstić information content (AvgIpc) is 3.21. The fraction of sp³-hybridized carbons (Fsp3) is 0.533. The van der Waals surface area contributed by atoms with Crippen LogP contribution in [0, 0.1) is 17.6 Å². The smallest absolute Gasteiger partial charge is 0.226 e. The van der Waals surface area contributed by atoms with Gasteiger partial charge in [-0.05, 0) is 30.9 Å². The molecule has 1 aliphatic carbocycles. The number of hydrogen-bond donors (Lipinski definition) is 1. The zero-order chi connectivity index (χ0) is 14.3. The molecule has 0 radical (unpaired) electrons. The van der Waals surface area contributed by atoms with Crippen molar-refractivity contribution in [3.8, 4) is 0 Å². The highest BCUT2D eigenvalue weighted by atomic mass is 19.2. The first kappa shape index (κ1) is 13.5. The second kappa shape index (κ2) is 5.13. The highest BCUT2D eigenvalue weighted by Crippen LogP contribution is 2.49. The highest BCUT2D eigenvalue weighted by molar-refractivity contribution is 5.83. The number of benzene rings is 1. The molecule has 3 nitrogen and oxygen atoms in total. The molecule has 1 aromatic rings. The molecule has 5 heteroatoms. The van der Waals surface area contributed by atoms with Crippen molar-refractivity contribution in [3.63, 3.8) is 0 Å². The van der Waals surface area contributed by atoms with E-state index in [0.717, 1.165) is 12.6 Å². The third kappa shape index (κ3) is 2.42. The molecule has 108 valence electrons. The summed E-state index contributed by atoms with van der Waals surface area (Å²) < 4.78 is 26.9. The van der Waals surface area contributed by atoms with Gasteiger partial charge in [-0.15, -0.1) is 0 Å². The van der Waals surface area contributed by atoms with E-state index in [2.05, 4.69) is 5.32 Å². The van der Waals surface area contributed by atoms with Crippen molar-refractivity contribution in [1.29, 1.82) is 0 Å². The number of carbonyl (C=O) groups excluding carboxylic acids is 1. The Hall–Kier alpha value is -1.49. The quantitative estimate of drug-likeness (QED) is 0.897. The fourth-order valence-electron chi connectivity index (χ4n) is 2.99. The molecule has 20 heavy (non-hydrogen) atoms. The predicted molar refractivity (Wildman–Crippen MR) is 71.3 cm³/mol. The van der Waals surface area contributed by atoms with Gasteiger partial charge in [-0.2, -0.15) is 0 Å². The Labute approximate surface area is 117 Å². The first-order chi connectivity index (χ1) is 9.58. The molecular formula is C15H18F2N2O. The van der Waals surface area contributed by atoms with Gasteiger partial charge in [0.25, 0.3) is 0 Å². The summed E-state index contributed by atoms with van der Waals surface area (Å²) in [4.78, 5) is 14.2. The van der Waals surface area contributed by atoms with Crippen molar-refractivity contribution in [2.75, 3.05) is 19.6 Å². The molecule has 1 saturated heterocycles. The molecule has 1 heterocycles. The van der Waals surface area contributed by atoms with Crippen LogP contribution in [-0.4, -0.2) is 36.5 Å². The molecule has 0 bridgehead atoms. The second-order valence-electron chi connectivity index (χ2n) is 5.73. The Balaban J connectivity index is 1.69. The van der Waals surface area contributed by atoms with Gasteiger partial charge in [0.1, 0.15) is 0 Å². The summed E-state index contributed by atoms with van der Waals surface area (Å²) in [6.45, 7) is 4.21. The Morgan fingerprint density at radius 3 is 2.95 bits per heavy atom. The molecule has 0 unspecified atom stereocenters. The zero-order valence-corrected chi connectivity index (χ0v) is 11.4. The summed E-state index contributed by atoms with van der Waals surface area (Å²) in [5, 5.41) is 3.28. The van der Waals surface area contributed by atoms with Crippen molar-refractivity contribution in [2.45, 2.75) is 25.3 Å². The number of nitrogens with zero attached hydrogens (tertiary/aromatic N) is 1. The van der Waals surface area contributed by atoms with Crippen molar-refractivity contribution >= 4 is 5.91 Å². The van der Waals surface area contributed by atoms with Crippen LogP contribution in [0.15, 0.2) is 18.2 Å². The van der Waals surface area contributed by atoms with E-state index in [4.69, 9.17) is 0 Å². The average molecular weight is 280 g/mol. The third-order valence-corrected chi connectivity index (χ3v) is 4.17. The monoisotopic (exact) mass is 280 g/mol. The van der Waals surface area contributed by atoms with Gasteiger partial charge >= 0.3 is 0 Å². The van der Waals surface area contributed by atoms with E-state index in [0.29, 0.717) is 25.1 Å². The van der Waals surface area contributed by atoms with E-state index in [9.17, 15) is 13.6 Å². The molecule has 1 N–H and O–H groups in total. The molecule has 3 rings (SSSR count). The SMILES string of the molecule is C[C@@H]1CN(C(=O)[C@H]2C[C@H]2c2cccc(F)c2F)CCN1. The molecule has 1 aliphatic heterocycles. The maximum Gasteiger partial charge on any atom is 0.226 e. The van der Waals surface area contributed by atoms with Crippen LogP contribution in [0.4, 0.5) is 8.78 Å². The lowest BCUT2D eigenvalue weighted by Crippen LogP contribution is -2.51. The summed E-state index contributed by atoms with van der Waals surface area (Å²) in [7, 11) is 0. The van der Waals surface area contributed by atoms with Crippen molar-refractivity contribution in [1.82, 2.24) is 10.2 Å². The molecule has 2 fully saturated rings. The van der Waals surface area contributed by atoms with Crippen LogP contribution in [0.1, 0.15) is 24.8 Å². The van der Waals surface area contributed by atoms with Gasteiger partial charge in [0.05, 0.1) is 0 Å². The number of piperazine rings is 1. The molecule has 3 atom stereocenters. The van der Waals surface area contributed by atoms with Crippen LogP contribution in [0.25, 0.3) is 0 Å². The maximum atomic E-state index is 13.7. The van der Waals surface area contributed by atoms with Gasteiger partial charge in [-0.1, -0.05) is 12.1 Å². The summed E-state index contributed by atoms with van der Waals surface area (Å²) in [5.41, 5.74) is 0.339. The van der Waals surface area contributed by atoms with Crippen LogP contribution >= 0.6 is 0 Å². The predicted octanol–water partition coefficient (Wildman–Crippen LogP) is 1.89. The lowest BCUT2D eigenvalue weighted by Gasteiger charge is -2.32. The van der Waals surface area contributed by atoms with Crippen LogP contribution in [0.3, 0.4) is 0 Å². The van der Waals surface area contributed by atoms with Gasteiger partial charge in [-0.25, -0.2) is 8.78 Å². The Kier molecular flexibility index (Phi) is 3.46. The molecule has 1 amide bonds. The van der Waals surface area contributed by atoms with Crippen molar-refractivity contribution in [2.24, 2.45) is 5.92 Å². The van der Waals surface area contributed by atoms with Crippen molar-refractivity contribution in [3.05, 3.63) is 35.4 Å². The Morgan fingerprint density at radius 1 is 1.40 bits per heavy atom. The Bertz CT molecular complexity index is 535. The first-order valence-electron chi connectivity index (χ1n) is 7.04. The van der Waals surface area contributed by atoms with E-state index in [1.165, 1.54) is 6.07 Å². The van der Waals surface area contributed by atoms with Gasteiger partial charge in [0, 0.05) is 31.6 Å². The van der Waals surface area contributed by atoms with E-state index in [1.54, 1.807) is 6.07 Å². The van der Waals surface area contributed by atoms with E-state index < -0.39 is 11.6 Å². The maximum absolute atomic E-state index is 13.7. The number of amides is 1. The number of nitrogens with one attached hydrogen (secondary N) is 1. The summed E-state index contributed by atoms with van der Waals surface area (Å²) >= 11 is 0. The lowest BCUT2D eigenvalue weighted by atomic mass is 10.1. The minimum atomic E-state index is -0.837. The van der Waals surface area contributed by atoms with E-state index in [-0.39, 0.29) is 23.8 Å². The molecule has 1 aromatic carbocycles. The molecule has 0 aromatic heterocycles. The number of hydrogen-bond acceptors (Lipinski definition) is 2. The van der Waals surface area contributed by atoms with Gasteiger partial charge in [0.15, 0.2) is 11.6 Å². The minimum Gasteiger partial charge on any atom is -0.340 e. The topological polar surface area (TPSA) is 32.3 Å². The lowest BCUT2D eigenvalue weighted by molar-refractivity contribution is -0.133. The zero-order valence-electron chi connectivity index (χ0n) is 11.4. The first-order valence-corrected chi connectivity index (χ1v) is 7.04. The van der Waals surface area contributed by atoms with E-state index >= 15 is 0 Å². The van der Waals surface area contributed by atoms with E-state index in [1.807, 2.05) is 11.8 Å².